The Morgan fingerprint density at radius 2 is 1.83 bits per heavy atom. The van der Waals surface area contributed by atoms with Crippen LogP contribution in [0.15, 0.2) is 60.3 Å². The molecular weight excluding hydrogens is 439 g/mol. The number of hydrogen-bond acceptors (Lipinski definition) is 4. The van der Waals surface area contributed by atoms with E-state index in [0.717, 1.165) is 11.4 Å². The summed E-state index contributed by atoms with van der Waals surface area (Å²) in [7, 11) is 0. The Labute approximate surface area is 190 Å². The Bertz CT molecular complexity index is 1030. The van der Waals surface area contributed by atoms with E-state index < -0.39 is 0 Å². The molecule has 156 valence electrons. The van der Waals surface area contributed by atoms with E-state index in [0.29, 0.717) is 33.4 Å². The lowest BCUT2D eigenvalue weighted by Crippen LogP contribution is -2.15. The van der Waals surface area contributed by atoms with Crippen LogP contribution in [0.5, 0.6) is 0 Å². The van der Waals surface area contributed by atoms with Crippen molar-refractivity contribution in [2.24, 2.45) is 0 Å². The third kappa shape index (κ3) is 5.25. The van der Waals surface area contributed by atoms with Gasteiger partial charge in [0.25, 0.3) is 0 Å². The molecule has 0 fully saturated rings. The van der Waals surface area contributed by atoms with E-state index in [4.69, 9.17) is 23.2 Å². The number of allylic oxidation sites excluding steroid dienone is 1. The fourth-order valence-corrected chi connectivity index (χ4v) is 4.08. The summed E-state index contributed by atoms with van der Waals surface area (Å²) in [6.07, 6.45) is 1.78. The molecule has 0 spiro atoms. The third-order valence-electron chi connectivity index (χ3n) is 4.42. The van der Waals surface area contributed by atoms with Gasteiger partial charge in [0, 0.05) is 12.1 Å². The maximum absolute atomic E-state index is 12.4. The van der Waals surface area contributed by atoms with Crippen LogP contribution in [-0.2, 0) is 11.3 Å². The van der Waals surface area contributed by atoms with Gasteiger partial charge >= 0.3 is 0 Å². The molecule has 0 aliphatic rings. The summed E-state index contributed by atoms with van der Waals surface area (Å²) in [5.74, 6) is 1.11. The maximum atomic E-state index is 12.4. The molecule has 0 saturated carbocycles. The van der Waals surface area contributed by atoms with Gasteiger partial charge in [-0.1, -0.05) is 85.2 Å². The van der Waals surface area contributed by atoms with E-state index in [1.165, 1.54) is 17.3 Å². The molecule has 0 aliphatic carbocycles. The van der Waals surface area contributed by atoms with Crippen molar-refractivity contribution in [1.29, 1.82) is 0 Å². The summed E-state index contributed by atoms with van der Waals surface area (Å²) in [6, 6.07) is 13.4. The number of carbonyl (C=O) groups is 1. The van der Waals surface area contributed by atoms with Crippen LogP contribution in [0.4, 0.5) is 5.69 Å². The topological polar surface area (TPSA) is 59.8 Å². The molecule has 1 heterocycles. The molecule has 30 heavy (non-hydrogen) atoms. The summed E-state index contributed by atoms with van der Waals surface area (Å²) in [6.45, 7) is 8.68. The van der Waals surface area contributed by atoms with Gasteiger partial charge in [0.1, 0.15) is 0 Å². The van der Waals surface area contributed by atoms with Crippen molar-refractivity contribution >= 4 is 46.6 Å². The lowest BCUT2D eigenvalue weighted by Gasteiger charge is -2.10. The molecular formula is C22H22Cl2N4OS. The number of carbonyl (C=O) groups excluding carboxylic acids is 1. The first kappa shape index (κ1) is 22.4. The second kappa shape index (κ2) is 10.2. The first-order valence-corrected chi connectivity index (χ1v) is 11.2. The fraction of sp³-hybridized carbons (Fsp3) is 0.227. The molecule has 1 amide bonds. The molecule has 5 nitrogen and oxygen atoms in total. The molecule has 0 bridgehead atoms. The summed E-state index contributed by atoms with van der Waals surface area (Å²) in [5, 5.41) is 12.8. The minimum absolute atomic E-state index is 0.142. The SMILES string of the molecule is C=CCn1c(SCC(=O)Nc2c(Cl)cccc2Cl)nnc1-c1ccc(C(C)C)cc1. The van der Waals surface area contributed by atoms with Crippen molar-refractivity contribution in [3.8, 4) is 11.4 Å². The zero-order valence-electron chi connectivity index (χ0n) is 16.7. The molecule has 0 radical (unpaired) electrons. The zero-order chi connectivity index (χ0) is 21.7. The number of aromatic nitrogens is 3. The van der Waals surface area contributed by atoms with E-state index >= 15 is 0 Å². The van der Waals surface area contributed by atoms with E-state index in [-0.39, 0.29) is 11.7 Å². The molecule has 1 aromatic heterocycles. The highest BCUT2D eigenvalue weighted by Gasteiger charge is 2.16. The Morgan fingerprint density at radius 3 is 2.43 bits per heavy atom. The van der Waals surface area contributed by atoms with Gasteiger partial charge in [-0.3, -0.25) is 9.36 Å². The van der Waals surface area contributed by atoms with E-state index in [2.05, 4.69) is 48.1 Å². The van der Waals surface area contributed by atoms with Gasteiger partial charge in [-0.05, 0) is 23.6 Å². The van der Waals surface area contributed by atoms with Crippen LogP contribution >= 0.6 is 35.0 Å². The number of para-hydroxylation sites is 1. The van der Waals surface area contributed by atoms with Crippen LogP contribution in [0, 0.1) is 0 Å². The van der Waals surface area contributed by atoms with Crippen LogP contribution < -0.4 is 5.32 Å². The van der Waals surface area contributed by atoms with Gasteiger partial charge in [0.15, 0.2) is 11.0 Å². The van der Waals surface area contributed by atoms with E-state index in [1.807, 2.05) is 16.7 Å². The molecule has 0 aliphatic heterocycles. The van der Waals surface area contributed by atoms with Crippen LogP contribution in [-0.4, -0.2) is 26.4 Å². The Morgan fingerprint density at radius 1 is 1.17 bits per heavy atom. The molecule has 0 saturated heterocycles. The number of benzene rings is 2. The van der Waals surface area contributed by atoms with Gasteiger partial charge in [0.05, 0.1) is 21.5 Å². The average molecular weight is 461 g/mol. The first-order valence-electron chi connectivity index (χ1n) is 9.41. The molecule has 2 aromatic carbocycles. The molecule has 1 N–H and O–H groups in total. The second-order valence-electron chi connectivity index (χ2n) is 6.92. The predicted octanol–water partition coefficient (Wildman–Crippen LogP) is 6.29. The summed E-state index contributed by atoms with van der Waals surface area (Å²) in [5.41, 5.74) is 2.64. The van der Waals surface area contributed by atoms with Gasteiger partial charge in [-0.15, -0.1) is 16.8 Å². The van der Waals surface area contributed by atoms with E-state index in [1.54, 1.807) is 24.3 Å². The number of hydrogen-bond donors (Lipinski definition) is 1. The fourth-order valence-electron chi connectivity index (χ4n) is 2.84. The van der Waals surface area contributed by atoms with Crippen molar-refractivity contribution < 1.29 is 4.79 Å². The molecule has 0 unspecified atom stereocenters. The van der Waals surface area contributed by atoms with Crippen molar-refractivity contribution in [1.82, 2.24) is 14.8 Å². The van der Waals surface area contributed by atoms with Crippen molar-refractivity contribution in [3.05, 3.63) is 70.7 Å². The molecule has 0 atom stereocenters. The van der Waals surface area contributed by atoms with Crippen molar-refractivity contribution in [2.45, 2.75) is 31.5 Å². The Balaban J connectivity index is 1.75. The minimum atomic E-state index is -0.231. The number of nitrogens with zero attached hydrogens (tertiary/aromatic N) is 3. The number of anilines is 1. The lowest BCUT2D eigenvalue weighted by atomic mass is 10.0. The standard InChI is InChI=1S/C22H22Cl2N4OS/c1-4-12-28-21(16-10-8-15(9-11-16)14(2)3)26-27-22(28)30-13-19(29)25-20-17(23)6-5-7-18(20)24/h4-11,14H,1,12-13H2,2-3H3,(H,25,29). The van der Waals surface area contributed by atoms with Crippen LogP contribution in [0.2, 0.25) is 10.0 Å². The minimum Gasteiger partial charge on any atom is -0.323 e. The quantitative estimate of drug-likeness (QED) is 0.316. The molecule has 3 aromatic rings. The number of amides is 1. The largest absolute Gasteiger partial charge is 0.323 e. The predicted molar refractivity (Wildman–Crippen MR) is 126 cm³/mol. The summed E-state index contributed by atoms with van der Waals surface area (Å²) in [4.78, 5) is 12.4. The highest BCUT2D eigenvalue weighted by atomic mass is 35.5. The number of halogens is 2. The normalized spacial score (nSPS) is 11.0. The van der Waals surface area contributed by atoms with E-state index in [9.17, 15) is 4.79 Å². The number of rotatable bonds is 8. The van der Waals surface area contributed by atoms with Crippen molar-refractivity contribution in [3.63, 3.8) is 0 Å². The number of thioether (sulfide) groups is 1. The van der Waals surface area contributed by atoms with Gasteiger partial charge in [-0.2, -0.15) is 0 Å². The molecule has 3 rings (SSSR count). The van der Waals surface area contributed by atoms with Gasteiger partial charge in [0.2, 0.25) is 5.91 Å². The smallest absolute Gasteiger partial charge is 0.234 e. The maximum Gasteiger partial charge on any atom is 0.234 e. The first-order chi connectivity index (χ1) is 14.4. The van der Waals surface area contributed by atoms with Gasteiger partial charge < -0.3 is 5.32 Å². The van der Waals surface area contributed by atoms with Crippen LogP contribution in [0.3, 0.4) is 0 Å². The van der Waals surface area contributed by atoms with Crippen LogP contribution in [0.25, 0.3) is 11.4 Å². The number of nitrogens with one attached hydrogen (secondary N) is 1. The Hall–Kier alpha value is -2.28. The summed E-state index contributed by atoms with van der Waals surface area (Å²) < 4.78 is 1.94. The Kier molecular flexibility index (Phi) is 7.58. The summed E-state index contributed by atoms with van der Waals surface area (Å²) >= 11 is 13.5. The highest BCUT2D eigenvalue weighted by molar-refractivity contribution is 7.99. The average Bonchev–Trinajstić information content (AvgIpc) is 3.12. The third-order valence-corrected chi connectivity index (χ3v) is 6.02. The van der Waals surface area contributed by atoms with Crippen LogP contribution in [0.1, 0.15) is 25.3 Å². The van der Waals surface area contributed by atoms with Crippen molar-refractivity contribution in [2.75, 3.05) is 11.1 Å². The highest BCUT2D eigenvalue weighted by Crippen LogP contribution is 2.30. The lowest BCUT2D eigenvalue weighted by molar-refractivity contribution is -0.113. The van der Waals surface area contributed by atoms with Gasteiger partial charge in [-0.25, -0.2) is 0 Å². The zero-order valence-corrected chi connectivity index (χ0v) is 19.1. The monoisotopic (exact) mass is 460 g/mol. The second-order valence-corrected chi connectivity index (χ2v) is 8.67. The molecule has 8 heteroatoms.